The second kappa shape index (κ2) is 10.7. The number of nitrogens with one attached hydrogen (secondary N) is 3. The Morgan fingerprint density at radius 1 is 0.929 bits per heavy atom. The predicted molar refractivity (Wildman–Crippen MR) is 106 cm³/mol. The quantitative estimate of drug-likeness (QED) is 0.477. The third-order valence-corrected chi connectivity index (χ3v) is 3.83. The summed E-state index contributed by atoms with van der Waals surface area (Å²) in [5.41, 5.74) is 5.47. The van der Waals surface area contributed by atoms with Crippen molar-refractivity contribution < 1.29 is 23.8 Å². The van der Waals surface area contributed by atoms with Gasteiger partial charge in [0.05, 0.1) is 26.5 Å². The lowest BCUT2D eigenvalue weighted by Crippen LogP contribution is -2.43. The monoisotopic (exact) mass is 387 g/mol. The number of benzene rings is 2. The number of hydrazine groups is 1. The summed E-state index contributed by atoms with van der Waals surface area (Å²) >= 11 is 0. The van der Waals surface area contributed by atoms with Crippen LogP contribution in [0.15, 0.2) is 42.5 Å². The van der Waals surface area contributed by atoms with E-state index in [1.54, 1.807) is 42.5 Å². The number of ether oxygens (including phenoxy) is 3. The van der Waals surface area contributed by atoms with Gasteiger partial charge in [-0.2, -0.15) is 0 Å². The summed E-state index contributed by atoms with van der Waals surface area (Å²) in [6.45, 7) is 2.73. The van der Waals surface area contributed by atoms with Crippen molar-refractivity contribution in [2.45, 2.75) is 19.8 Å². The normalized spacial score (nSPS) is 9.96. The molecule has 0 fully saturated rings. The SMILES string of the molecule is CCCCOc1ccc(C(=O)NNC(=O)Nc2ccc(OC)cc2OC)cc1. The fraction of sp³-hybridized carbons (Fsp3) is 0.300. The largest absolute Gasteiger partial charge is 0.497 e. The van der Waals surface area contributed by atoms with E-state index >= 15 is 0 Å². The van der Waals surface area contributed by atoms with Gasteiger partial charge in [0.15, 0.2) is 0 Å². The Bertz CT molecular complexity index is 793. The van der Waals surface area contributed by atoms with Crippen molar-refractivity contribution in [2.75, 3.05) is 26.1 Å². The van der Waals surface area contributed by atoms with E-state index in [0.29, 0.717) is 35.1 Å². The van der Waals surface area contributed by atoms with Gasteiger partial charge in [-0.25, -0.2) is 10.2 Å². The van der Waals surface area contributed by atoms with Crippen LogP contribution in [-0.4, -0.2) is 32.8 Å². The average Bonchev–Trinajstić information content (AvgIpc) is 2.73. The van der Waals surface area contributed by atoms with Crippen LogP contribution in [0.5, 0.6) is 17.2 Å². The second-order valence-corrected chi connectivity index (χ2v) is 5.83. The molecule has 0 saturated heterocycles. The Labute approximate surface area is 164 Å². The second-order valence-electron chi connectivity index (χ2n) is 5.83. The molecule has 2 aromatic carbocycles. The minimum atomic E-state index is -0.615. The smallest absolute Gasteiger partial charge is 0.338 e. The number of unbranched alkanes of at least 4 members (excludes halogenated alkanes) is 1. The van der Waals surface area contributed by atoms with Gasteiger partial charge >= 0.3 is 6.03 Å². The molecule has 0 aromatic heterocycles. The molecule has 0 aliphatic rings. The molecule has 8 heteroatoms. The molecule has 0 spiro atoms. The van der Waals surface area contributed by atoms with Gasteiger partial charge in [0, 0.05) is 11.6 Å². The highest BCUT2D eigenvalue weighted by atomic mass is 16.5. The van der Waals surface area contributed by atoms with E-state index in [-0.39, 0.29) is 0 Å². The van der Waals surface area contributed by atoms with E-state index in [4.69, 9.17) is 14.2 Å². The molecule has 0 radical (unpaired) electrons. The Balaban J connectivity index is 1.86. The van der Waals surface area contributed by atoms with E-state index in [1.807, 2.05) is 0 Å². The highest BCUT2D eigenvalue weighted by Crippen LogP contribution is 2.28. The van der Waals surface area contributed by atoms with Crippen molar-refractivity contribution in [1.82, 2.24) is 10.9 Å². The summed E-state index contributed by atoms with van der Waals surface area (Å²) in [4.78, 5) is 24.2. The molecule has 0 unspecified atom stereocenters. The zero-order valence-electron chi connectivity index (χ0n) is 16.2. The molecule has 0 saturated carbocycles. The molecular formula is C20H25N3O5. The lowest BCUT2D eigenvalue weighted by molar-refractivity contribution is 0.0938. The van der Waals surface area contributed by atoms with Crippen LogP contribution in [0.2, 0.25) is 0 Å². The number of methoxy groups -OCH3 is 2. The first-order chi connectivity index (χ1) is 13.6. The maximum Gasteiger partial charge on any atom is 0.338 e. The fourth-order valence-corrected chi connectivity index (χ4v) is 2.28. The van der Waals surface area contributed by atoms with Gasteiger partial charge < -0.3 is 19.5 Å². The van der Waals surface area contributed by atoms with Gasteiger partial charge in [0.25, 0.3) is 5.91 Å². The molecule has 28 heavy (non-hydrogen) atoms. The first kappa shape index (κ1) is 20.9. The number of rotatable bonds is 8. The lowest BCUT2D eigenvalue weighted by Gasteiger charge is -2.13. The zero-order valence-corrected chi connectivity index (χ0v) is 16.2. The first-order valence-corrected chi connectivity index (χ1v) is 8.89. The van der Waals surface area contributed by atoms with E-state index < -0.39 is 11.9 Å². The molecule has 0 atom stereocenters. The van der Waals surface area contributed by atoms with E-state index in [1.165, 1.54) is 14.2 Å². The third kappa shape index (κ3) is 6.08. The fourth-order valence-electron chi connectivity index (χ4n) is 2.28. The summed E-state index contributed by atoms with van der Waals surface area (Å²) < 4.78 is 15.9. The summed E-state index contributed by atoms with van der Waals surface area (Å²) in [6.07, 6.45) is 2.02. The highest BCUT2D eigenvalue weighted by molar-refractivity contribution is 5.97. The van der Waals surface area contributed by atoms with Crippen molar-refractivity contribution in [3.05, 3.63) is 48.0 Å². The first-order valence-electron chi connectivity index (χ1n) is 8.89. The Hall–Kier alpha value is -3.42. The number of hydrogen-bond donors (Lipinski definition) is 3. The van der Waals surface area contributed by atoms with Crippen molar-refractivity contribution >= 4 is 17.6 Å². The molecule has 2 aromatic rings. The maximum atomic E-state index is 12.1. The number of carbonyl (C=O) groups excluding carboxylic acids is 2. The maximum absolute atomic E-state index is 12.1. The number of anilines is 1. The van der Waals surface area contributed by atoms with E-state index in [9.17, 15) is 9.59 Å². The van der Waals surface area contributed by atoms with Gasteiger partial charge in [-0.15, -0.1) is 0 Å². The Morgan fingerprint density at radius 2 is 1.64 bits per heavy atom. The van der Waals surface area contributed by atoms with Gasteiger partial charge in [-0.05, 0) is 42.8 Å². The predicted octanol–water partition coefficient (Wildman–Crippen LogP) is 3.35. The average molecular weight is 387 g/mol. The van der Waals surface area contributed by atoms with Crippen LogP contribution < -0.4 is 30.4 Å². The van der Waals surface area contributed by atoms with Gasteiger partial charge in [0.1, 0.15) is 17.2 Å². The van der Waals surface area contributed by atoms with Crippen molar-refractivity contribution in [1.29, 1.82) is 0 Å². The third-order valence-electron chi connectivity index (χ3n) is 3.83. The van der Waals surface area contributed by atoms with Crippen LogP contribution in [0.4, 0.5) is 10.5 Å². The molecule has 8 nitrogen and oxygen atoms in total. The summed E-state index contributed by atoms with van der Waals surface area (Å²) in [5, 5.41) is 2.59. The summed E-state index contributed by atoms with van der Waals surface area (Å²) in [7, 11) is 3.02. The van der Waals surface area contributed by atoms with Crippen molar-refractivity contribution in [2.24, 2.45) is 0 Å². The van der Waals surface area contributed by atoms with Crippen LogP contribution in [0.1, 0.15) is 30.1 Å². The molecule has 0 aliphatic heterocycles. The molecule has 150 valence electrons. The molecule has 2 rings (SSSR count). The van der Waals surface area contributed by atoms with Gasteiger partial charge in [-0.1, -0.05) is 13.3 Å². The van der Waals surface area contributed by atoms with Crippen LogP contribution in [0.25, 0.3) is 0 Å². The van der Waals surface area contributed by atoms with Crippen LogP contribution in [0, 0.1) is 0 Å². The molecular weight excluding hydrogens is 362 g/mol. The number of urea groups is 1. The Kier molecular flexibility index (Phi) is 7.95. The molecule has 0 aliphatic carbocycles. The van der Waals surface area contributed by atoms with Crippen LogP contribution in [0.3, 0.4) is 0 Å². The molecule has 3 N–H and O–H groups in total. The van der Waals surface area contributed by atoms with Crippen molar-refractivity contribution in [3.63, 3.8) is 0 Å². The number of hydrogen-bond acceptors (Lipinski definition) is 5. The number of amides is 3. The topological polar surface area (TPSA) is 97.9 Å². The summed E-state index contributed by atoms with van der Waals surface area (Å²) in [6, 6.07) is 11.0. The molecule has 0 bridgehead atoms. The zero-order chi connectivity index (χ0) is 20.4. The van der Waals surface area contributed by atoms with Crippen molar-refractivity contribution in [3.8, 4) is 17.2 Å². The molecule has 0 heterocycles. The van der Waals surface area contributed by atoms with Crippen LogP contribution in [-0.2, 0) is 0 Å². The minimum absolute atomic E-state index is 0.394. The Morgan fingerprint density at radius 3 is 2.29 bits per heavy atom. The summed E-state index contributed by atoms with van der Waals surface area (Å²) in [5.74, 6) is 1.27. The van der Waals surface area contributed by atoms with Crippen LogP contribution >= 0.6 is 0 Å². The van der Waals surface area contributed by atoms with Gasteiger partial charge in [0.2, 0.25) is 0 Å². The highest BCUT2D eigenvalue weighted by Gasteiger charge is 2.11. The molecule has 3 amide bonds. The lowest BCUT2D eigenvalue weighted by atomic mass is 10.2. The van der Waals surface area contributed by atoms with Gasteiger partial charge in [-0.3, -0.25) is 10.2 Å². The number of carbonyl (C=O) groups is 2. The standard InChI is InChI=1S/C20H25N3O5/c1-4-5-12-28-15-8-6-14(7-9-15)19(24)22-23-20(25)21-17-11-10-16(26-2)13-18(17)27-3/h6-11,13H,4-5,12H2,1-3H3,(H,22,24)(H2,21,23,25). The van der Waals surface area contributed by atoms with E-state index in [2.05, 4.69) is 23.1 Å². The minimum Gasteiger partial charge on any atom is -0.497 e. The van der Waals surface area contributed by atoms with E-state index in [0.717, 1.165) is 12.8 Å².